The van der Waals surface area contributed by atoms with Gasteiger partial charge in [0, 0.05) is 32.4 Å². The predicted octanol–water partition coefficient (Wildman–Crippen LogP) is 1.46. The van der Waals surface area contributed by atoms with Gasteiger partial charge in [-0.1, -0.05) is 18.2 Å². The molecule has 1 aliphatic heterocycles. The minimum absolute atomic E-state index is 0.553. The van der Waals surface area contributed by atoms with Crippen molar-refractivity contribution in [2.45, 2.75) is 6.42 Å². The summed E-state index contributed by atoms with van der Waals surface area (Å²) in [5, 5.41) is 9.62. The lowest BCUT2D eigenvalue weighted by Crippen LogP contribution is -2.30. The van der Waals surface area contributed by atoms with E-state index in [2.05, 4.69) is 35.8 Å². The van der Waals surface area contributed by atoms with Crippen LogP contribution in [0.1, 0.15) is 6.42 Å². The summed E-state index contributed by atoms with van der Waals surface area (Å²) in [5.74, 6) is 1.83. The van der Waals surface area contributed by atoms with Crippen LogP contribution >= 0.6 is 0 Å². The molecule has 3 N–H and O–H groups in total. The quantitative estimate of drug-likeness (QED) is 0.789. The summed E-state index contributed by atoms with van der Waals surface area (Å²) in [6.07, 6.45) is 1.09. The van der Waals surface area contributed by atoms with Crippen LogP contribution < -0.4 is 20.9 Å². The van der Waals surface area contributed by atoms with Gasteiger partial charge in [0.2, 0.25) is 17.8 Å². The van der Waals surface area contributed by atoms with Crippen molar-refractivity contribution in [3.63, 3.8) is 0 Å². The number of benzene rings is 1. The normalized spacial score (nSPS) is 15.2. The number of rotatable bonds is 4. The van der Waals surface area contributed by atoms with Crippen molar-refractivity contribution in [3.8, 4) is 0 Å². The predicted molar refractivity (Wildman–Crippen MR) is 88.8 cm³/mol. The molecule has 1 aromatic heterocycles. The Morgan fingerprint density at radius 2 is 1.82 bits per heavy atom. The van der Waals surface area contributed by atoms with Crippen LogP contribution in [0.2, 0.25) is 0 Å². The molecule has 22 heavy (non-hydrogen) atoms. The van der Waals surface area contributed by atoms with Gasteiger partial charge in [-0.05, 0) is 25.1 Å². The summed E-state index contributed by atoms with van der Waals surface area (Å²) >= 11 is 0. The minimum atomic E-state index is 0.553. The van der Waals surface area contributed by atoms with Gasteiger partial charge in [0.25, 0.3) is 0 Å². The maximum Gasteiger partial charge on any atom is 0.233 e. The van der Waals surface area contributed by atoms with Crippen molar-refractivity contribution in [2.75, 3.05) is 48.8 Å². The summed E-state index contributed by atoms with van der Waals surface area (Å²) in [6, 6.07) is 9.90. The fourth-order valence-electron chi connectivity index (χ4n) is 2.37. The topological polar surface area (TPSA) is 78.0 Å². The second-order valence-electron chi connectivity index (χ2n) is 5.11. The first-order valence-electron chi connectivity index (χ1n) is 7.57. The molecule has 0 bridgehead atoms. The van der Waals surface area contributed by atoms with E-state index in [1.807, 2.05) is 37.4 Å². The molecule has 0 spiro atoms. The third-order valence-electron chi connectivity index (χ3n) is 3.50. The molecule has 1 aliphatic rings. The van der Waals surface area contributed by atoms with Gasteiger partial charge in [0.1, 0.15) is 0 Å². The molecular formula is C15H21N7. The molecule has 1 saturated heterocycles. The first-order valence-corrected chi connectivity index (χ1v) is 7.57. The standard InChI is InChI=1S/C15H21N7/c1-16-13-19-14(18-12-6-3-2-4-7-12)21-15(20-13)22-10-5-8-17-9-11-22/h2-4,6-7,17H,5,8-11H2,1H3,(H2,16,18,19,20,21). The average Bonchev–Trinajstić information content (AvgIpc) is 2.85. The molecule has 3 rings (SSSR count). The van der Waals surface area contributed by atoms with Crippen LogP contribution in [0, 0.1) is 0 Å². The number of para-hydroxylation sites is 1. The zero-order chi connectivity index (χ0) is 15.2. The zero-order valence-corrected chi connectivity index (χ0v) is 12.7. The van der Waals surface area contributed by atoms with E-state index in [4.69, 9.17) is 0 Å². The van der Waals surface area contributed by atoms with Crippen LogP contribution in [0.25, 0.3) is 0 Å². The summed E-state index contributed by atoms with van der Waals surface area (Å²) in [6.45, 7) is 3.83. The van der Waals surface area contributed by atoms with Crippen LogP contribution in [-0.2, 0) is 0 Å². The Labute approximate surface area is 130 Å². The van der Waals surface area contributed by atoms with E-state index in [0.29, 0.717) is 17.8 Å². The second kappa shape index (κ2) is 7.04. The van der Waals surface area contributed by atoms with Gasteiger partial charge in [-0.25, -0.2) is 0 Å². The molecule has 7 heteroatoms. The summed E-state index contributed by atoms with van der Waals surface area (Å²) in [4.78, 5) is 15.6. The van der Waals surface area contributed by atoms with Crippen LogP contribution in [0.4, 0.5) is 23.5 Å². The van der Waals surface area contributed by atoms with Gasteiger partial charge in [-0.15, -0.1) is 0 Å². The van der Waals surface area contributed by atoms with Crippen molar-refractivity contribution < 1.29 is 0 Å². The van der Waals surface area contributed by atoms with Crippen molar-refractivity contribution in [1.82, 2.24) is 20.3 Å². The highest BCUT2D eigenvalue weighted by atomic mass is 15.3. The van der Waals surface area contributed by atoms with E-state index in [9.17, 15) is 0 Å². The highest BCUT2D eigenvalue weighted by Gasteiger charge is 2.15. The SMILES string of the molecule is CNc1nc(Nc2ccccc2)nc(N2CCCNCC2)n1. The van der Waals surface area contributed by atoms with E-state index in [1.165, 1.54) is 0 Å². The zero-order valence-electron chi connectivity index (χ0n) is 12.7. The summed E-state index contributed by atoms with van der Waals surface area (Å²) < 4.78 is 0. The average molecular weight is 299 g/mol. The van der Waals surface area contributed by atoms with E-state index >= 15 is 0 Å². The molecule has 0 aliphatic carbocycles. The van der Waals surface area contributed by atoms with Gasteiger partial charge in [-0.2, -0.15) is 15.0 Å². The van der Waals surface area contributed by atoms with Crippen LogP contribution in [0.15, 0.2) is 30.3 Å². The van der Waals surface area contributed by atoms with E-state index < -0.39 is 0 Å². The van der Waals surface area contributed by atoms with Crippen molar-refractivity contribution in [3.05, 3.63) is 30.3 Å². The third-order valence-corrected chi connectivity index (χ3v) is 3.50. The number of hydrogen-bond donors (Lipinski definition) is 3. The molecule has 0 saturated carbocycles. The first kappa shape index (κ1) is 14.5. The van der Waals surface area contributed by atoms with E-state index in [0.717, 1.165) is 38.3 Å². The molecule has 1 fully saturated rings. The number of aromatic nitrogens is 3. The van der Waals surface area contributed by atoms with E-state index in [1.54, 1.807) is 0 Å². The Balaban J connectivity index is 1.85. The highest BCUT2D eigenvalue weighted by molar-refractivity contribution is 5.55. The van der Waals surface area contributed by atoms with Gasteiger partial charge in [-0.3, -0.25) is 0 Å². The Bertz CT molecular complexity index is 594. The lowest BCUT2D eigenvalue weighted by Gasteiger charge is -2.20. The molecule has 0 unspecified atom stereocenters. The molecule has 0 atom stereocenters. The highest BCUT2D eigenvalue weighted by Crippen LogP contribution is 2.17. The van der Waals surface area contributed by atoms with E-state index in [-0.39, 0.29) is 0 Å². The Morgan fingerprint density at radius 3 is 2.64 bits per heavy atom. The summed E-state index contributed by atoms with van der Waals surface area (Å²) in [7, 11) is 1.81. The van der Waals surface area contributed by atoms with Gasteiger partial charge in [0.15, 0.2) is 0 Å². The lowest BCUT2D eigenvalue weighted by atomic mass is 10.3. The van der Waals surface area contributed by atoms with Gasteiger partial charge < -0.3 is 20.9 Å². The minimum Gasteiger partial charge on any atom is -0.357 e. The maximum absolute atomic E-state index is 4.57. The van der Waals surface area contributed by atoms with Gasteiger partial charge in [0.05, 0.1) is 0 Å². The van der Waals surface area contributed by atoms with Crippen LogP contribution in [0.3, 0.4) is 0 Å². The number of nitrogens with one attached hydrogen (secondary N) is 3. The fourth-order valence-corrected chi connectivity index (χ4v) is 2.37. The fraction of sp³-hybridized carbons (Fsp3) is 0.400. The smallest absolute Gasteiger partial charge is 0.233 e. The third kappa shape index (κ3) is 3.62. The second-order valence-corrected chi connectivity index (χ2v) is 5.11. The first-order chi connectivity index (χ1) is 10.8. The molecule has 2 heterocycles. The van der Waals surface area contributed by atoms with Gasteiger partial charge >= 0.3 is 0 Å². The molecule has 116 valence electrons. The monoisotopic (exact) mass is 299 g/mol. The Hall–Kier alpha value is -2.41. The van der Waals surface area contributed by atoms with Crippen molar-refractivity contribution in [1.29, 1.82) is 0 Å². The molecule has 0 amide bonds. The lowest BCUT2D eigenvalue weighted by molar-refractivity contribution is 0.724. The maximum atomic E-state index is 4.57. The number of nitrogens with zero attached hydrogens (tertiary/aromatic N) is 4. The molecular weight excluding hydrogens is 278 g/mol. The van der Waals surface area contributed by atoms with Crippen LogP contribution in [0.5, 0.6) is 0 Å². The van der Waals surface area contributed by atoms with Crippen molar-refractivity contribution >= 4 is 23.5 Å². The largest absolute Gasteiger partial charge is 0.357 e. The molecule has 2 aromatic rings. The number of hydrogen-bond acceptors (Lipinski definition) is 7. The Morgan fingerprint density at radius 1 is 1.00 bits per heavy atom. The van der Waals surface area contributed by atoms with Crippen LogP contribution in [-0.4, -0.2) is 48.2 Å². The molecule has 0 radical (unpaired) electrons. The summed E-state index contributed by atoms with van der Waals surface area (Å²) in [5.41, 5.74) is 0.958. The number of anilines is 4. The molecule has 1 aromatic carbocycles. The molecule has 7 nitrogen and oxygen atoms in total. The Kier molecular flexibility index (Phi) is 4.65. The van der Waals surface area contributed by atoms with Crippen molar-refractivity contribution in [2.24, 2.45) is 0 Å².